The van der Waals surface area contributed by atoms with Crippen LogP contribution >= 0.6 is 11.6 Å². The number of ether oxygens (including phenoxy) is 2. The highest BCUT2D eigenvalue weighted by Crippen LogP contribution is 2.43. The molecule has 0 radical (unpaired) electrons. The zero-order chi connectivity index (χ0) is 24.5. The number of rotatable bonds is 1. The summed E-state index contributed by atoms with van der Waals surface area (Å²) in [5.41, 5.74) is 6.19. The maximum Gasteiger partial charge on any atom is 0.411 e. The summed E-state index contributed by atoms with van der Waals surface area (Å²) in [4.78, 5) is 20.0. The van der Waals surface area contributed by atoms with E-state index < -0.39 is 5.60 Å². The highest BCUT2D eigenvalue weighted by atomic mass is 35.5. The molecule has 6 rings (SSSR count). The molecule has 1 fully saturated rings. The quantitative estimate of drug-likeness (QED) is 0.357. The molecule has 6 heteroatoms. The molecule has 0 saturated carbocycles. The number of carbonyl (C=O) groups is 1. The molecule has 5 nitrogen and oxygen atoms in total. The maximum atomic E-state index is 13.0. The molecule has 3 aromatic rings. The minimum atomic E-state index is -0.522. The first-order valence-corrected chi connectivity index (χ1v) is 12.7. The standard InChI is InChI=1S/C29H29ClN2O3/c1-16-5-10-26(32(16)28(33)35-29(2,3)4)25-14-23-21-12-18-15-34-27-13-19(30)7-8-20(27)22(18)11-17(21)6-9-24(23)31-25/h6-9,11-13,16,26H,5,10,14-15H2,1-4H3/t16-,26-/m0/s1. The number of fused-ring (bicyclic) bond motifs is 6. The van der Waals surface area contributed by atoms with E-state index in [4.69, 9.17) is 26.1 Å². The molecule has 1 saturated heterocycles. The van der Waals surface area contributed by atoms with Gasteiger partial charge in [0.1, 0.15) is 18.0 Å². The van der Waals surface area contributed by atoms with Crippen LogP contribution in [0.25, 0.3) is 21.9 Å². The van der Waals surface area contributed by atoms with E-state index in [1.165, 1.54) is 27.5 Å². The Balaban J connectivity index is 1.34. The lowest BCUT2D eigenvalue weighted by molar-refractivity contribution is 0.0205. The molecule has 1 amide bonds. The van der Waals surface area contributed by atoms with Crippen LogP contribution < -0.4 is 4.74 Å². The highest BCUT2D eigenvalue weighted by molar-refractivity contribution is 6.30. The number of halogens is 1. The predicted octanol–water partition coefficient (Wildman–Crippen LogP) is 7.47. The van der Waals surface area contributed by atoms with Crippen molar-refractivity contribution in [3.05, 3.63) is 58.6 Å². The molecule has 0 bridgehead atoms. The van der Waals surface area contributed by atoms with Crippen molar-refractivity contribution in [2.45, 2.75) is 71.2 Å². The van der Waals surface area contributed by atoms with E-state index in [1.54, 1.807) is 0 Å². The Hall–Kier alpha value is -3.05. The van der Waals surface area contributed by atoms with Gasteiger partial charge in [0.25, 0.3) is 0 Å². The van der Waals surface area contributed by atoms with Crippen molar-refractivity contribution in [1.82, 2.24) is 4.90 Å². The van der Waals surface area contributed by atoms with Gasteiger partial charge in [0.2, 0.25) is 0 Å². The van der Waals surface area contributed by atoms with Crippen LogP contribution in [0.2, 0.25) is 5.02 Å². The molecule has 0 spiro atoms. The molecular formula is C29H29ClN2O3. The summed E-state index contributed by atoms with van der Waals surface area (Å²) in [7, 11) is 0. The highest BCUT2D eigenvalue weighted by Gasteiger charge is 2.41. The number of aliphatic imine (C=N–C) groups is 1. The zero-order valence-electron chi connectivity index (χ0n) is 20.5. The number of hydrogen-bond donors (Lipinski definition) is 0. The number of amides is 1. The lowest BCUT2D eigenvalue weighted by atomic mass is 9.90. The van der Waals surface area contributed by atoms with E-state index in [2.05, 4.69) is 31.2 Å². The minimum Gasteiger partial charge on any atom is -0.488 e. The van der Waals surface area contributed by atoms with Crippen LogP contribution in [0.4, 0.5) is 10.5 Å². The third-order valence-corrected chi connectivity index (χ3v) is 7.46. The first-order valence-electron chi connectivity index (χ1n) is 12.3. The summed E-state index contributed by atoms with van der Waals surface area (Å²) in [5, 5.41) is 3.07. The Kier molecular flexibility index (Phi) is 5.12. The van der Waals surface area contributed by atoms with Crippen LogP contribution in [0.5, 0.6) is 5.75 Å². The fraction of sp³-hybridized carbons (Fsp3) is 0.379. The van der Waals surface area contributed by atoms with Crippen molar-refractivity contribution < 1.29 is 14.3 Å². The van der Waals surface area contributed by atoms with Gasteiger partial charge in [-0.2, -0.15) is 0 Å². The molecule has 3 aromatic carbocycles. The summed E-state index contributed by atoms with van der Waals surface area (Å²) in [6.45, 7) is 8.34. The van der Waals surface area contributed by atoms with E-state index in [9.17, 15) is 4.79 Å². The van der Waals surface area contributed by atoms with E-state index in [0.29, 0.717) is 11.6 Å². The van der Waals surface area contributed by atoms with Gasteiger partial charge in [-0.25, -0.2) is 4.79 Å². The van der Waals surface area contributed by atoms with Gasteiger partial charge in [-0.05, 0) is 104 Å². The van der Waals surface area contributed by atoms with Crippen molar-refractivity contribution >= 4 is 39.9 Å². The lowest BCUT2D eigenvalue weighted by Crippen LogP contribution is -2.46. The molecule has 2 atom stereocenters. The van der Waals surface area contributed by atoms with Gasteiger partial charge in [-0.3, -0.25) is 9.89 Å². The summed E-state index contributed by atoms with van der Waals surface area (Å²) in [5.74, 6) is 0.828. The summed E-state index contributed by atoms with van der Waals surface area (Å²) in [6.07, 6.45) is 2.36. The van der Waals surface area contributed by atoms with E-state index in [0.717, 1.165) is 42.0 Å². The number of hydrogen-bond acceptors (Lipinski definition) is 4. The number of carbonyl (C=O) groups excluding carboxylic acids is 1. The maximum absolute atomic E-state index is 13.0. The number of benzene rings is 3. The average molecular weight is 489 g/mol. The fourth-order valence-electron chi connectivity index (χ4n) is 5.62. The second kappa shape index (κ2) is 7.99. The van der Waals surface area contributed by atoms with Crippen LogP contribution in [-0.2, 0) is 17.8 Å². The van der Waals surface area contributed by atoms with Gasteiger partial charge in [-0.1, -0.05) is 17.7 Å². The summed E-state index contributed by atoms with van der Waals surface area (Å²) in [6, 6.07) is 14.7. The molecular weight excluding hydrogens is 460 g/mol. The van der Waals surface area contributed by atoms with Crippen molar-refractivity contribution in [3.8, 4) is 16.9 Å². The van der Waals surface area contributed by atoms with Crippen LogP contribution in [0.15, 0.2) is 47.5 Å². The number of nitrogens with zero attached hydrogens (tertiary/aromatic N) is 2. The van der Waals surface area contributed by atoms with Gasteiger partial charge < -0.3 is 9.47 Å². The Labute approximate surface area is 210 Å². The molecule has 0 aromatic heterocycles. The SMILES string of the molecule is C[C@H]1CC[C@@H](C2=Nc3ccc4cc5c(cc4c3C2)COc2cc(Cl)ccc2-5)N1C(=O)OC(C)(C)C. The predicted molar refractivity (Wildman–Crippen MR) is 140 cm³/mol. The second-order valence-electron chi connectivity index (χ2n) is 10.8. The minimum absolute atomic E-state index is 0.0279. The molecule has 3 heterocycles. The molecule has 0 unspecified atom stereocenters. The zero-order valence-corrected chi connectivity index (χ0v) is 21.3. The van der Waals surface area contributed by atoms with Gasteiger partial charge in [0.15, 0.2) is 0 Å². The molecule has 3 aliphatic heterocycles. The van der Waals surface area contributed by atoms with Gasteiger partial charge in [0, 0.05) is 28.8 Å². The van der Waals surface area contributed by atoms with Crippen LogP contribution in [0.3, 0.4) is 0 Å². The fourth-order valence-corrected chi connectivity index (χ4v) is 5.79. The Morgan fingerprint density at radius 1 is 1.11 bits per heavy atom. The van der Waals surface area contributed by atoms with Crippen molar-refractivity contribution in [3.63, 3.8) is 0 Å². The van der Waals surface area contributed by atoms with Crippen molar-refractivity contribution in [2.75, 3.05) is 0 Å². The first kappa shape index (κ1) is 22.4. The first-order chi connectivity index (χ1) is 16.7. The monoisotopic (exact) mass is 488 g/mol. The molecule has 0 N–H and O–H groups in total. The van der Waals surface area contributed by atoms with Crippen molar-refractivity contribution in [1.29, 1.82) is 0 Å². The molecule has 180 valence electrons. The third-order valence-electron chi connectivity index (χ3n) is 7.23. The molecule has 0 aliphatic carbocycles. The van der Waals surface area contributed by atoms with E-state index in [1.807, 2.05) is 43.9 Å². The van der Waals surface area contributed by atoms with Crippen LogP contribution in [0, 0.1) is 0 Å². The van der Waals surface area contributed by atoms with Crippen molar-refractivity contribution in [2.24, 2.45) is 4.99 Å². The second-order valence-corrected chi connectivity index (χ2v) is 11.3. The summed E-state index contributed by atoms with van der Waals surface area (Å²) < 4.78 is 11.8. The molecule has 35 heavy (non-hydrogen) atoms. The normalized spacial score (nSPS) is 20.7. The topological polar surface area (TPSA) is 51.1 Å². The van der Waals surface area contributed by atoms with Crippen LogP contribution in [0.1, 0.15) is 51.7 Å². The summed E-state index contributed by atoms with van der Waals surface area (Å²) >= 11 is 6.18. The third kappa shape index (κ3) is 3.86. The average Bonchev–Trinajstić information content (AvgIpc) is 3.40. The Morgan fingerprint density at radius 2 is 1.94 bits per heavy atom. The van der Waals surface area contributed by atoms with E-state index in [-0.39, 0.29) is 18.2 Å². The van der Waals surface area contributed by atoms with Gasteiger partial charge in [-0.15, -0.1) is 0 Å². The Bertz CT molecular complexity index is 1410. The van der Waals surface area contributed by atoms with Gasteiger partial charge >= 0.3 is 6.09 Å². The largest absolute Gasteiger partial charge is 0.488 e. The smallest absolute Gasteiger partial charge is 0.411 e. The van der Waals surface area contributed by atoms with Crippen LogP contribution in [-0.4, -0.2) is 34.4 Å². The number of likely N-dealkylation sites (tertiary alicyclic amines) is 1. The van der Waals surface area contributed by atoms with E-state index >= 15 is 0 Å². The molecule has 3 aliphatic rings. The lowest BCUT2D eigenvalue weighted by Gasteiger charge is -2.31. The van der Waals surface area contributed by atoms with Gasteiger partial charge in [0.05, 0.1) is 11.7 Å². The Morgan fingerprint density at radius 3 is 2.74 bits per heavy atom.